The second kappa shape index (κ2) is 7.97. The molecule has 1 saturated heterocycles. The number of hydrogen-bond acceptors (Lipinski definition) is 2. The molecule has 2 aromatic rings. The second-order valence-electron chi connectivity index (χ2n) is 6.14. The highest BCUT2D eigenvalue weighted by Gasteiger charge is 2.19. The summed E-state index contributed by atoms with van der Waals surface area (Å²) in [6, 6.07) is 16.6. The molecule has 1 heterocycles. The summed E-state index contributed by atoms with van der Waals surface area (Å²) in [6.07, 6.45) is 0. The first-order valence-corrected chi connectivity index (χ1v) is 8.99. The van der Waals surface area contributed by atoms with Crippen molar-refractivity contribution in [1.29, 1.82) is 0 Å². The van der Waals surface area contributed by atoms with Gasteiger partial charge in [-0.2, -0.15) is 0 Å². The van der Waals surface area contributed by atoms with Gasteiger partial charge in [-0.25, -0.2) is 0 Å². The third-order valence-electron chi connectivity index (χ3n) is 4.33. The number of thiocarbonyl (C=S) groups is 1. The van der Waals surface area contributed by atoms with Crippen molar-refractivity contribution in [2.75, 3.05) is 31.5 Å². The average molecular weight is 360 g/mol. The number of benzene rings is 2. The van der Waals surface area contributed by atoms with Crippen molar-refractivity contribution in [1.82, 2.24) is 9.80 Å². The topological polar surface area (TPSA) is 18.5 Å². The average Bonchev–Trinajstić information content (AvgIpc) is 2.60. The zero-order chi connectivity index (χ0) is 16.9. The Morgan fingerprint density at radius 3 is 2.46 bits per heavy atom. The zero-order valence-corrected chi connectivity index (χ0v) is 15.4. The highest BCUT2D eigenvalue weighted by Crippen LogP contribution is 2.20. The molecule has 0 spiro atoms. The molecule has 5 heteroatoms. The Morgan fingerprint density at radius 1 is 1.08 bits per heavy atom. The summed E-state index contributed by atoms with van der Waals surface area (Å²) in [5, 5.41) is 4.83. The number of halogens is 1. The third kappa shape index (κ3) is 4.47. The van der Waals surface area contributed by atoms with Gasteiger partial charge in [-0.15, -0.1) is 0 Å². The molecule has 1 aliphatic heterocycles. The van der Waals surface area contributed by atoms with Gasteiger partial charge >= 0.3 is 0 Å². The molecule has 0 unspecified atom stereocenters. The van der Waals surface area contributed by atoms with Crippen LogP contribution in [0, 0.1) is 6.92 Å². The Kier molecular flexibility index (Phi) is 5.72. The Hall–Kier alpha value is -1.62. The van der Waals surface area contributed by atoms with Crippen LogP contribution in [0.15, 0.2) is 48.5 Å². The molecular formula is C19H22ClN3S. The fourth-order valence-corrected chi connectivity index (χ4v) is 3.30. The number of rotatable bonds is 3. The van der Waals surface area contributed by atoms with Crippen LogP contribution in [0.4, 0.5) is 5.69 Å². The van der Waals surface area contributed by atoms with E-state index in [0.717, 1.165) is 54.1 Å². The van der Waals surface area contributed by atoms with Crippen molar-refractivity contribution in [3.05, 3.63) is 64.7 Å². The molecule has 0 aliphatic carbocycles. The molecule has 1 fully saturated rings. The maximum absolute atomic E-state index is 6.18. The molecule has 3 rings (SSSR count). The van der Waals surface area contributed by atoms with Crippen LogP contribution in [0.5, 0.6) is 0 Å². The monoisotopic (exact) mass is 359 g/mol. The smallest absolute Gasteiger partial charge is 0.173 e. The summed E-state index contributed by atoms with van der Waals surface area (Å²) in [6.45, 7) is 6.92. The van der Waals surface area contributed by atoms with Crippen molar-refractivity contribution in [3.8, 4) is 0 Å². The Labute approximate surface area is 154 Å². The van der Waals surface area contributed by atoms with E-state index in [1.807, 2.05) is 25.1 Å². The molecule has 126 valence electrons. The fraction of sp³-hybridized carbons (Fsp3) is 0.316. The summed E-state index contributed by atoms with van der Waals surface area (Å²) < 4.78 is 0. The SMILES string of the molecule is Cc1ccc(NC(=S)N2CCN(Cc3ccccc3)CC2)cc1Cl. The van der Waals surface area contributed by atoms with Crippen LogP contribution in [-0.2, 0) is 6.54 Å². The number of nitrogens with one attached hydrogen (secondary N) is 1. The van der Waals surface area contributed by atoms with E-state index < -0.39 is 0 Å². The number of hydrogen-bond donors (Lipinski definition) is 1. The number of anilines is 1. The van der Waals surface area contributed by atoms with E-state index in [4.69, 9.17) is 23.8 Å². The van der Waals surface area contributed by atoms with Crippen LogP contribution in [0.3, 0.4) is 0 Å². The first kappa shape index (κ1) is 17.2. The minimum Gasteiger partial charge on any atom is -0.346 e. The van der Waals surface area contributed by atoms with Crippen molar-refractivity contribution in [2.24, 2.45) is 0 Å². The summed E-state index contributed by atoms with van der Waals surface area (Å²) in [7, 11) is 0. The van der Waals surface area contributed by atoms with Gasteiger partial charge in [0, 0.05) is 43.4 Å². The van der Waals surface area contributed by atoms with Gasteiger partial charge in [0.05, 0.1) is 0 Å². The quantitative estimate of drug-likeness (QED) is 0.829. The molecule has 0 atom stereocenters. The predicted octanol–water partition coefficient (Wildman–Crippen LogP) is 4.16. The molecule has 0 amide bonds. The lowest BCUT2D eigenvalue weighted by Crippen LogP contribution is -2.49. The minimum atomic E-state index is 0.760. The molecule has 24 heavy (non-hydrogen) atoms. The van der Waals surface area contributed by atoms with Gasteiger partial charge in [-0.1, -0.05) is 48.0 Å². The summed E-state index contributed by atoms with van der Waals surface area (Å²) in [4.78, 5) is 4.70. The number of piperazine rings is 1. The van der Waals surface area contributed by atoms with Crippen LogP contribution in [-0.4, -0.2) is 41.1 Å². The fourth-order valence-electron chi connectivity index (χ4n) is 2.82. The molecule has 3 nitrogen and oxygen atoms in total. The Balaban J connectivity index is 1.50. The van der Waals surface area contributed by atoms with Crippen molar-refractivity contribution < 1.29 is 0 Å². The van der Waals surface area contributed by atoms with Gasteiger partial charge in [-0.3, -0.25) is 4.90 Å². The maximum Gasteiger partial charge on any atom is 0.173 e. The van der Waals surface area contributed by atoms with E-state index in [1.165, 1.54) is 5.56 Å². The summed E-state index contributed by atoms with van der Waals surface area (Å²) in [5.74, 6) is 0. The molecule has 1 N–H and O–H groups in total. The highest BCUT2D eigenvalue weighted by molar-refractivity contribution is 7.80. The lowest BCUT2D eigenvalue weighted by Gasteiger charge is -2.36. The third-order valence-corrected chi connectivity index (χ3v) is 5.10. The molecule has 0 bridgehead atoms. The molecule has 1 aliphatic rings. The Bertz CT molecular complexity index is 697. The lowest BCUT2D eigenvalue weighted by molar-refractivity contribution is 0.177. The van der Waals surface area contributed by atoms with Gasteiger partial charge in [0.2, 0.25) is 0 Å². The van der Waals surface area contributed by atoms with Gasteiger partial charge in [0.25, 0.3) is 0 Å². The van der Waals surface area contributed by atoms with Crippen LogP contribution in [0.2, 0.25) is 5.02 Å². The Morgan fingerprint density at radius 2 is 1.79 bits per heavy atom. The summed E-state index contributed by atoms with van der Waals surface area (Å²) in [5.41, 5.74) is 3.38. The standard InChI is InChI=1S/C19H22ClN3S/c1-15-7-8-17(13-18(15)20)21-19(24)23-11-9-22(10-12-23)14-16-5-3-2-4-6-16/h2-8,13H,9-12,14H2,1H3,(H,21,24). The van der Waals surface area contributed by atoms with Crippen LogP contribution >= 0.6 is 23.8 Å². The van der Waals surface area contributed by atoms with E-state index >= 15 is 0 Å². The van der Waals surface area contributed by atoms with Gasteiger partial charge in [0.1, 0.15) is 0 Å². The molecule has 0 saturated carbocycles. The van der Waals surface area contributed by atoms with E-state index in [9.17, 15) is 0 Å². The molecule has 2 aromatic carbocycles. The van der Waals surface area contributed by atoms with Crippen LogP contribution < -0.4 is 5.32 Å². The van der Waals surface area contributed by atoms with Gasteiger partial charge in [-0.05, 0) is 42.4 Å². The van der Waals surface area contributed by atoms with Crippen molar-refractivity contribution >= 4 is 34.6 Å². The van der Waals surface area contributed by atoms with Gasteiger partial charge < -0.3 is 10.2 Å². The van der Waals surface area contributed by atoms with Crippen LogP contribution in [0.1, 0.15) is 11.1 Å². The first-order chi connectivity index (χ1) is 11.6. The van der Waals surface area contributed by atoms with Crippen molar-refractivity contribution in [2.45, 2.75) is 13.5 Å². The maximum atomic E-state index is 6.18. The zero-order valence-electron chi connectivity index (χ0n) is 13.8. The second-order valence-corrected chi connectivity index (χ2v) is 6.94. The number of aryl methyl sites for hydroxylation is 1. The van der Waals surface area contributed by atoms with E-state index in [0.29, 0.717) is 0 Å². The first-order valence-electron chi connectivity index (χ1n) is 8.20. The van der Waals surface area contributed by atoms with E-state index in [1.54, 1.807) is 0 Å². The van der Waals surface area contributed by atoms with E-state index in [-0.39, 0.29) is 0 Å². The molecular weight excluding hydrogens is 338 g/mol. The molecule has 0 radical (unpaired) electrons. The number of nitrogens with zero attached hydrogens (tertiary/aromatic N) is 2. The lowest BCUT2D eigenvalue weighted by atomic mass is 10.2. The predicted molar refractivity (Wildman–Crippen MR) is 106 cm³/mol. The summed E-state index contributed by atoms with van der Waals surface area (Å²) >= 11 is 11.7. The highest BCUT2D eigenvalue weighted by atomic mass is 35.5. The minimum absolute atomic E-state index is 0.760. The van der Waals surface area contributed by atoms with Crippen LogP contribution in [0.25, 0.3) is 0 Å². The molecule has 0 aromatic heterocycles. The van der Waals surface area contributed by atoms with Crippen molar-refractivity contribution in [3.63, 3.8) is 0 Å². The van der Waals surface area contributed by atoms with Gasteiger partial charge in [0.15, 0.2) is 5.11 Å². The normalized spacial score (nSPS) is 15.3. The van der Waals surface area contributed by atoms with E-state index in [2.05, 4.69) is 45.4 Å². The largest absolute Gasteiger partial charge is 0.346 e.